The van der Waals surface area contributed by atoms with Crippen molar-refractivity contribution in [3.8, 4) is 12.1 Å². The summed E-state index contributed by atoms with van der Waals surface area (Å²) >= 11 is 0. The Morgan fingerprint density at radius 1 is 0.913 bits per heavy atom. The molecule has 0 aromatic carbocycles. The standard InChI is InChI=1S/C8H12.2C2H3N.CHF3O3S.Rh/c1-2-4-6-8-7-5-3-1;2*1-2-3;2-1(3,4)8(5,6)7;/h1-2,7-8H,3-6H2;2*1H3;(H,5,6,7);/p-1/b2-1-,8-7?;;;;. The van der Waals surface area contributed by atoms with Crippen LogP contribution >= 0.6 is 0 Å². The Hall–Kier alpha value is -1.22. The van der Waals surface area contributed by atoms with Gasteiger partial charge in [0.2, 0.25) is 0 Å². The summed E-state index contributed by atoms with van der Waals surface area (Å²) in [6.07, 6.45) is 14.0. The number of nitrogens with zero attached hydrogens (tertiary/aromatic N) is 2. The van der Waals surface area contributed by atoms with Gasteiger partial charge in [-0.05, 0) is 25.7 Å². The van der Waals surface area contributed by atoms with Gasteiger partial charge in [0.25, 0.3) is 0 Å². The van der Waals surface area contributed by atoms with Crippen LogP contribution in [0.15, 0.2) is 24.3 Å². The van der Waals surface area contributed by atoms with Crippen molar-refractivity contribution < 1.29 is 45.6 Å². The van der Waals surface area contributed by atoms with Gasteiger partial charge in [-0.3, -0.25) is 0 Å². The molecule has 0 saturated carbocycles. The molecule has 23 heavy (non-hydrogen) atoms. The Bertz CT molecular complexity index is 466. The molecule has 0 aliphatic heterocycles. The average molecular weight is 442 g/mol. The van der Waals surface area contributed by atoms with Crippen molar-refractivity contribution in [2.24, 2.45) is 0 Å². The zero-order valence-corrected chi connectivity index (χ0v) is 15.1. The van der Waals surface area contributed by atoms with E-state index in [1.807, 2.05) is 0 Å². The van der Waals surface area contributed by atoms with Crippen molar-refractivity contribution in [1.82, 2.24) is 0 Å². The van der Waals surface area contributed by atoms with Crippen LogP contribution in [0.5, 0.6) is 0 Å². The molecule has 5 nitrogen and oxygen atoms in total. The Labute approximate surface area is 148 Å². The summed E-state index contributed by atoms with van der Waals surface area (Å²) in [5.41, 5.74) is -5.65. The van der Waals surface area contributed by atoms with Gasteiger partial charge in [0.05, 0.1) is 12.1 Å². The van der Waals surface area contributed by atoms with E-state index in [2.05, 4.69) is 24.3 Å². The fourth-order valence-electron chi connectivity index (χ4n) is 0.856. The second kappa shape index (κ2) is 18.8. The van der Waals surface area contributed by atoms with Crippen LogP contribution in [0.1, 0.15) is 39.5 Å². The third-order valence-corrected chi connectivity index (χ3v) is 2.18. The van der Waals surface area contributed by atoms with Crippen molar-refractivity contribution in [1.29, 1.82) is 10.5 Å². The fourth-order valence-corrected chi connectivity index (χ4v) is 0.856. The predicted molar refractivity (Wildman–Crippen MR) is 75.1 cm³/mol. The molecule has 0 amide bonds. The van der Waals surface area contributed by atoms with Crippen molar-refractivity contribution in [2.75, 3.05) is 0 Å². The molecule has 1 rings (SSSR count). The quantitative estimate of drug-likeness (QED) is 0.246. The molecule has 1 aliphatic carbocycles. The van der Waals surface area contributed by atoms with Crippen molar-refractivity contribution >= 4 is 10.1 Å². The van der Waals surface area contributed by atoms with Crippen LogP contribution in [0.4, 0.5) is 13.2 Å². The number of rotatable bonds is 0. The molecule has 0 atom stereocenters. The predicted octanol–water partition coefficient (Wildman–Crippen LogP) is 3.78. The monoisotopic (exact) mass is 442 g/mol. The molecule has 0 unspecified atom stereocenters. The van der Waals surface area contributed by atoms with Gasteiger partial charge in [-0.15, -0.1) is 0 Å². The second-order valence-corrected chi connectivity index (χ2v) is 4.82. The summed E-state index contributed by atoms with van der Waals surface area (Å²) in [5.74, 6) is 0. The number of allylic oxidation sites excluding steroid dienone is 4. The summed E-state index contributed by atoms with van der Waals surface area (Å²) in [7, 11) is -6.09. The largest absolute Gasteiger partial charge is 0.741 e. The van der Waals surface area contributed by atoms with E-state index in [1.54, 1.807) is 12.1 Å². The molecule has 0 saturated heterocycles. The summed E-state index contributed by atoms with van der Waals surface area (Å²) in [6.45, 7) is 2.86. The minimum Gasteiger partial charge on any atom is -0.741 e. The summed E-state index contributed by atoms with van der Waals surface area (Å²) in [6, 6.07) is 3.50. The normalized spacial score (nSPS) is 13.9. The molecule has 0 spiro atoms. The SMILES string of the molecule is C1=CCC/C=C\CC1.CC#N.CC#N.O=S(=O)([O-])C(F)(F)F.[Rh]. The number of halogens is 3. The first-order chi connectivity index (χ1) is 10.1. The van der Waals surface area contributed by atoms with Gasteiger partial charge in [0, 0.05) is 33.3 Å². The topological polar surface area (TPSA) is 105 Å². The summed E-state index contributed by atoms with van der Waals surface area (Å²) in [4.78, 5) is 0. The molecule has 10 heteroatoms. The summed E-state index contributed by atoms with van der Waals surface area (Å²) in [5, 5.41) is 14.6. The second-order valence-electron chi connectivity index (χ2n) is 3.44. The maximum atomic E-state index is 10.7. The molecule has 1 aliphatic rings. The van der Waals surface area contributed by atoms with E-state index in [-0.39, 0.29) is 19.5 Å². The molecule has 0 heterocycles. The van der Waals surface area contributed by atoms with Crippen molar-refractivity contribution in [3.63, 3.8) is 0 Å². The molecule has 0 aromatic rings. The zero-order chi connectivity index (χ0) is 18.1. The molecule has 0 fully saturated rings. The Kier molecular flexibility index (Phi) is 24.4. The van der Waals surface area contributed by atoms with Crippen LogP contribution in [0.2, 0.25) is 0 Å². The van der Waals surface area contributed by atoms with E-state index in [0.717, 1.165) is 0 Å². The van der Waals surface area contributed by atoms with E-state index >= 15 is 0 Å². The third kappa shape index (κ3) is 29.4. The molecule has 0 aromatic heterocycles. The van der Waals surface area contributed by atoms with Gasteiger partial charge in [0.15, 0.2) is 10.1 Å². The smallest absolute Gasteiger partial charge is 0.485 e. The number of nitriles is 2. The molecule has 0 bridgehead atoms. The van der Waals surface area contributed by atoms with Gasteiger partial charge in [0.1, 0.15) is 0 Å². The van der Waals surface area contributed by atoms with E-state index in [0.29, 0.717) is 0 Å². The van der Waals surface area contributed by atoms with Gasteiger partial charge >= 0.3 is 5.51 Å². The number of hydrogen-bond acceptors (Lipinski definition) is 5. The van der Waals surface area contributed by atoms with Crippen LogP contribution in [-0.4, -0.2) is 18.5 Å². The van der Waals surface area contributed by atoms with E-state index in [4.69, 9.17) is 23.5 Å². The van der Waals surface area contributed by atoms with Crippen LogP contribution in [0.25, 0.3) is 0 Å². The van der Waals surface area contributed by atoms with Crippen LogP contribution < -0.4 is 0 Å². The van der Waals surface area contributed by atoms with Crippen molar-refractivity contribution in [3.05, 3.63) is 24.3 Å². The first-order valence-electron chi connectivity index (χ1n) is 6.02. The van der Waals surface area contributed by atoms with Gasteiger partial charge in [-0.1, -0.05) is 24.3 Å². The maximum absolute atomic E-state index is 10.7. The molecule has 1 radical (unpaired) electrons. The maximum Gasteiger partial charge on any atom is 0.485 e. The Balaban J connectivity index is -0.000000114. The molecule has 0 N–H and O–H groups in total. The third-order valence-electron chi connectivity index (χ3n) is 1.62. The molecular formula is C13H18F3N2O3RhS-. The molecular weight excluding hydrogens is 424 g/mol. The fraction of sp³-hybridized carbons (Fsp3) is 0.538. The Morgan fingerprint density at radius 2 is 1.04 bits per heavy atom. The van der Waals surface area contributed by atoms with Crippen LogP contribution in [0.3, 0.4) is 0 Å². The van der Waals surface area contributed by atoms with Crippen molar-refractivity contribution in [2.45, 2.75) is 45.0 Å². The van der Waals surface area contributed by atoms with Crippen LogP contribution in [-0.2, 0) is 29.6 Å². The Morgan fingerprint density at radius 3 is 1.13 bits per heavy atom. The van der Waals surface area contributed by atoms with Gasteiger partial charge in [-0.25, -0.2) is 8.42 Å². The first-order valence-corrected chi connectivity index (χ1v) is 7.43. The van der Waals surface area contributed by atoms with Gasteiger partial charge < -0.3 is 4.55 Å². The summed E-state index contributed by atoms with van der Waals surface area (Å²) < 4.78 is 58.9. The van der Waals surface area contributed by atoms with E-state index in [9.17, 15) is 13.2 Å². The minimum absolute atomic E-state index is 0. The van der Waals surface area contributed by atoms with E-state index < -0.39 is 15.6 Å². The zero-order valence-electron chi connectivity index (χ0n) is 12.6. The van der Waals surface area contributed by atoms with E-state index in [1.165, 1.54) is 39.5 Å². The van der Waals surface area contributed by atoms with Gasteiger partial charge in [-0.2, -0.15) is 23.7 Å². The number of hydrogen-bond donors (Lipinski definition) is 0. The molecule has 135 valence electrons. The van der Waals surface area contributed by atoms with Crippen LogP contribution in [0, 0.1) is 22.7 Å². The number of alkyl halides is 3. The first kappa shape index (κ1) is 29.8. The average Bonchev–Trinajstić information content (AvgIpc) is 2.27. The minimum atomic E-state index is -6.09.